The van der Waals surface area contributed by atoms with Crippen LogP contribution in [0.3, 0.4) is 0 Å². The fourth-order valence-electron chi connectivity index (χ4n) is 0.874. The van der Waals surface area contributed by atoms with Gasteiger partial charge in [-0.2, -0.15) is 0 Å². The van der Waals surface area contributed by atoms with E-state index in [0.717, 1.165) is 0 Å². The van der Waals surface area contributed by atoms with Crippen molar-refractivity contribution in [1.29, 1.82) is 0 Å². The van der Waals surface area contributed by atoms with Crippen LogP contribution >= 0.6 is 46.4 Å². The third kappa shape index (κ3) is 4.65. The van der Waals surface area contributed by atoms with Crippen LogP contribution in [0.5, 0.6) is 0 Å². The van der Waals surface area contributed by atoms with Gasteiger partial charge < -0.3 is 0 Å². The number of benzene rings is 1. The van der Waals surface area contributed by atoms with Gasteiger partial charge in [-0.1, -0.05) is 46.4 Å². The topological polar surface area (TPSA) is 46.2 Å². The predicted molar refractivity (Wildman–Crippen MR) is 66.9 cm³/mol. The molecule has 0 aliphatic heterocycles. The zero-order chi connectivity index (χ0) is 12.4. The second-order valence-electron chi connectivity index (χ2n) is 2.89. The molecule has 0 spiro atoms. The fraction of sp³-hybridized carbons (Fsp3) is 0.250. The molecule has 0 fully saturated rings. The smallest absolute Gasteiger partial charge is 0.207 e. The van der Waals surface area contributed by atoms with Crippen LogP contribution < -0.4 is 4.72 Å². The molecule has 0 radical (unpaired) electrons. The molecule has 90 valence electrons. The molecule has 0 atom stereocenters. The van der Waals surface area contributed by atoms with E-state index in [0.29, 0.717) is 5.02 Å². The molecule has 0 aliphatic carbocycles. The molecule has 0 aromatic heterocycles. The minimum absolute atomic E-state index is 0.0613. The molecule has 16 heavy (non-hydrogen) atoms. The fourth-order valence-corrected chi connectivity index (χ4v) is 2.51. The van der Waals surface area contributed by atoms with Crippen molar-refractivity contribution in [2.45, 2.75) is 8.69 Å². The lowest BCUT2D eigenvalue weighted by atomic mass is 10.4. The summed E-state index contributed by atoms with van der Waals surface area (Å²) in [7, 11) is -3.67. The Morgan fingerprint density at radius 1 is 1.12 bits per heavy atom. The van der Waals surface area contributed by atoms with Gasteiger partial charge in [-0.15, -0.1) is 0 Å². The van der Waals surface area contributed by atoms with Crippen molar-refractivity contribution in [3.63, 3.8) is 0 Å². The summed E-state index contributed by atoms with van der Waals surface area (Å²) in [5, 5.41) is 0.445. The van der Waals surface area contributed by atoms with Crippen molar-refractivity contribution in [1.82, 2.24) is 4.72 Å². The van der Waals surface area contributed by atoms with Crippen LogP contribution in [0.2, 0.25) is 5.02 Å². The van der Waals surface area contributed by atoms with Crippen LogP contribution in [0.15, 0.2) is 29.2 Å². The van der Waals surface area contributed by atoms with Gasteiger partial charge in [0.25, 0.3) is 0 Å². The normalized spacial score (nSPS) is 12.8. The van der Waals surface area contributed by atoms with E-state index in [4.69, 9.17) is 46.4 Å². The van der Waals surface area contributed by atoms with Crippen LogP contribution in [0.4, 0.5) is 0 Å². The molecular weight excluding hydrogens is 316 g/mol. The molecule has 1 aromatic carbocycles. The molecule has 0 saturated heterocycles. The van der Waals surface area contributed by atoms with E-state index >= 15 is 0 Å². The second-order valence-corrected chi connectivity index (χ2v) is 7.61. The van der Waals surface area contributed by atoms with Crippen molar-refractivity contribution in [2.75, 3.05) is 6.54 Å². The molecule has 1 aromatic rings. The monoisotopic (exact) mass is 321 g/mol. The van der Waals surface area contributed by atoms with Crippen molar-refractivity contribution < 1.29 is 8.42 Å². The van der Waals surface area contributed by atoms with E-state index in [-0.39, 0.29) is 11.4 Å². The minimum Gasteiger partial charge on any atom is -0.207 e. The summed E-state index contributed by atoms with van der Waals surface area (Å²) < 4.78 is 23.8. The zero-order valence-electron chi connectivity index (χ0n) is 7.75. The highest BCUT2D eigenvalue weighted by molar-refractivity contribution is 7.89. The highest BCUT2D eigenvalue weighted by Crippen LogP contribution is 2.25. The molecule has 8 heteroatoms. The van der Waals surface area contributed by atoms with E-state index in [1.165, 1.54) is 24.3 Å². The lowest BCUT2D eigenvalue weighted by Crippen LogP contribution is -2.32. The SMILES string of the molecule is O=S(=O)(NCC(Cl)(Cl)Cl)c1ccc(Cl)cc1. The lowest BCUT2D eigenvalue weighted by Gasteiger charge is -2.12. The number of halogens is 4. The van der Waals surface area contributed by atoms with Crippen LogP contribution in [-0.4, -0.2) is 18.8 Å². The van der Waals surface area contributed by atoms with Gasteiger partial charge in [-0.05, 0) is 24.3 Å². The molecule has 0 saturated carbocycles. The molecule has 1 N–H and O–H groups in total. The third-order valence-corrected chi connectivity index (χ3v) is 3.66. The van der Waals surface area contributed by atoms with Crippen LogP contribution in [0, 0.1) is 0 Å². The van der Waals surface area contributed by atoms with Crippen molar-refractivity contribution in [3.05, 3.63) is 29.3 Å². The molecular formula is C8H7Cl4NO2S. The lowest BCUT2D eigenvalue weighted by molar-refractivity contribution is 0.582. The van der Waals surface area contributed by atoms with Crippen molar-refractivity contribution in [3.8, 4) is 0 Å². The van der Waals surface area contributed by atoms with Gasteiger partial charge in [-0.25, -0.2) is 13.1 Å². The maximum absolute atomic E-state index is 11.7. The quantitative estimate of drug-likeness (QED) is 0.870. The minimum atomic E-state index is -3.67. The first-order valence-corrected chi connectivity index (χ1v) is 7.02. The molecule has 1 rings (SSSR count). The van der Waals surface area contributed by atoms with Gasteiger partial charge >= 0.3 is 0 Å². The molecule has 0 aliphatic rings. The summed E-state index contributed by atoms with van der Waals surface area (Å²) >= 11 is 21.9. The van der Waals surface area contributed by atoms with Crippen molar-refractivity contribution in [2.24, 2.45) is 0 Å². The number of alkyl halides is 3. The number of rotatable bonds is 3. The Labute approximate surface area is 114 Å². The van der Waals surface area contributed by atoms with Gasteiger partial charge in [0.2, 0.25) is 13.8 Å². The Balaban J connectivity index is 2.83. The summed E-state index contributed by atoms with van der Waals surface area (Å²) in [6.07, 6.45) is 0. The van der Waals surface area contributed by atoms with Gasteiger partial charge in [0.15, 0.2) is 0 Å². The maximum Gasteiger partial charge on any atom is 0.240 e. The first-order valence-electron chi connectivity index (χ1n) is 4.03. The third-order valence-electron chi connectivity index (χ3n) is 1.59. The van der Waals surface area contributed by atoms with Crippen LogP contribution in [-0.2, 0) is 10.0 Å². The standard InChI is InChI=1S/C8H7Cl4NO2S/c9-6-1-3-7(4-2-6)16(14,15)13-5-8(10,11)12/h1-4,13H,5H2. The highest BCUT2D eigenvalue weighted by Gasteiger charge is 2.23. The maximum atomic E-state index is 11.7. The van der Waals surface area contributed by atoms with E-state index in [9.17, 15) is 8.42 Å². The van der Waals surface area contributed by atoms with Gasteiger partial charge in [0.05, 0.1) is 11.4 Å². The summed E-state index contributed by atoms with van der Waals surface area (Å²) in [4.78, 5) is 0.0613. The highest BCUT2D eigenvalue weighted by atomic mass is 35.6. The Bertz CT molecular complexity index is 452. The molecule has 0 heterocycles. The first kappa shape index (κ1) is 14.4. The zero-order valence-corrected chi connectivity index (χ0v) is 11.6. The van der Waals surface area contributed by atoms with Gasteiger partial charge in [0, 0.05) is 5.02 Å². The summed E-state index contributed by atoms with van der Waals surface area (Å²) in [6.45, 7) is -0.303. The number of hydrogen-bond acceptors (Lipinski definition) is 2. The van der Waals surface area contributed by atoms with E-state index < -0.39 is 13.8 Å². The molecule has 0 amide bonds. The van der Waals surface area contributed by atoms with Crippen LogP contribution in [0.1, 0.15) is 0 Å². The predicted octanol–water partition coefficient (Wildman–Crippen LogP) is 2.99. The Hall–Kier alpha value is 0.290. The number of hydrogen-bond donors (Lipinski definition) is 1. The van der Waals surface area contributed by atoms with Gasteiger partial charge in [0.1, 0.15) is 0 Å². The molecule has 0 unspecified atom stereocenters. The largest absolute Gasteiger partial charge is 0.240 e. The van der Waals surface area contributed by atoms with Crippen LogP contribution in [0.25, 0.3) is 0 Å². The van der Waals surface area contributed by atoms with Crippen molar-refractivity contribution >= 4 is 56.4 Å². The first-order chi connectivity index (χ1) is 7.21. The molecule has 0 bridgehead atoms. The average Bonchev–Trinajstić information content (AvgIpc) is 2.15. The number of sulfonamides is 1. The van der Waals surface area contributed by atoms with E-state index in [1.807, 2.05) is 0 Å². The van der Waals surface area contributed by atoms with Gasteiger partial charge in [-0.3, -0.25) is 0 Å². The Morgan fingerprint density at radius 2 is 1.62 bits per heavy atom. The summed E-state index contributed by atoms with van der Waals surface area (Å²) in [6, 6.07) is 5.66. The number of nitrogens with one attached hydrogen (secondary N) is 1. The Morgan fingerprint density at radius 3 is 2.06 bits per heavy atom. The van der Waals surface area contributed by atoms with E-state index in [2.05, 4.69) is 4.72 Å². The van der Waals surface area contributed by atoms with E-state index in [1.54, 1.807) is 0 Å². The summed E-state index contributed by atoms with van der Waals surface area (Å²) in [5.41, 5.74) is 0. The summed E-state index contributed by atoms with van der Waals surface area (Å²) in [5.74, 6) is 0. The average molecular weight is 323 g/mol. The Kier molecular flexibility index (Phi) is 4.75. The molecule has 3 nitrogen and oxygen atoms in total. The second kappa shape index (κ2) is 5.29.